The number of carbonyl (C=O) groups is 2. The Morgan fingerprint density at radius 3 is 2.59 bits per heavy atom. The first-order chi connectivity index (χ1) is 17.9. The van der Waals surface area contributed by atoms with Crippen molar-refractivity contribution in [3.63, 3.8) is 0 Å². The summed E-state index contributed by atoms with van der Waals surface area (Å²) in [4.78, 5) is 35.4. The normalized spacial score (nSPS) is 10.9. The number of nitrogens with zero attached hydrogens (tertiary/aromatic N) is 2. The molecule has 0 saturated heterocycles. The quantitative estimate of drug-likeness (QED) is 0.101. The number of amides is 1. The van der Waals surface area contributed by atoms with Crippen molar-refractivity contribution in [1.82, 2.24) is 5.43 Å². The highest BCUT2D eigenvalue weighted by molar-refractivity contribution is 7.21. The number of fused-ring (bicyclic) bond motifs is 1. The molecule has 0 atom stereocenters. The Morgan fingerprint density at radius 2 is 1.84 bits per heavy atom. The molecule has 1 amide bonds. The highest BCUT2D eigenvalue weighted by Crippen LogP contribution is 2.37. The zero-order chi connectivity index (χ0) is 26.4. The zero-order valence-electron chi connectivity index (χ0n) is 19.2. The number of ether oxygens (including phenoxy) is 3. The molecule has 37 heavy (non-hydrogen) atoms. The van der Waals surface area contributed by atoms with E-state index in [9.17, 15) is 19.7 Å². The van der Waals surface area contributed by atoms with E-state index in [2.05, 4.69) is 10.5 Å². The van der Waals surface area contributed by atoms with Crippen LogP contribution in [-0.4, -0.2) is 36.7 Å². The molecule has 4 aromatic rings. The lowest BCUT2D eigenvalue weighted by Crippen LogP contribution is -2.24. The fourth-order valence-corrected chi connectivity index (χ4v) is 4.61. The minimum absolute atomic E-state index is 0.0292. The van der Waals surface area contributed by atoms with Crippen LogP contribution in [0.2, 0.25) is 5.02 Å². The van der Waals surface area contributed by atoms with Crippen LogP contribution in [0.5, 0.6) is 17.2 Å². The van der Waals surface area contributed by atoms with Gasteiger partial charge in [0, 0.05) is 16.2 Å². The summed E-state index contributed by atoms with van der Waals surface area (Å²) < 4.78 is 16.9. The summed E-state index contributed by atoms with van der Waals surface area (Å²) in [6.07, 6.45) is 1.35. The zero-order valence-corrected chi connectivity index (χ0v) is 20.7. The molecule has 10 nitrogen and oxygen atoms in total. The number of hydrogen-bond acceptors (Lipinski definition) is 9. The van der Waals surface area contributed by atoms with Crippen molar-refractivity contribution in [3.05, 3.63) is 92.3 Å². The van der Waals surface area contributed by atoms with Gasteiger partial charge in [-0.05, 0) is 35.9 Å². The van der Waals surface area contributed by atoms with E-state index < -0.39 is 23.4 Å². The predicted octanol–water partition coefficient (Wildman–Crippen LogP) is 5.22. The largest absolute Gasteiger partial charge is 0.493 e. The molecule has 0 aliphatic carbocycles. The summed E-state index contributed by atoms with van der Waals surface area (Å²) in [7, 11) is 1.42. The van der Waals surface area contributed by atoms with E-state index in [0.29, 0.717) is 10.6 Å². The Kier molecular flexibility index (Phi) is 7.96. The van der Waals surface area contributed by atoms with Crippen LogP contribution < -0.4 is 19.6 Å². The van der Waals surface area contributed by atoms with Gasteiger partial charge in [0.25, 0.3) is 5.91 Å². The molecule has 1 N–H and O–H groups in total. The number of halogens is 1. The molecule has 1 heterocycles. The second-order valence-electron chi connectivity index (χ2n) is 7.35. The van der Waals surface area contributed by atoms with Gasteiger partial charge in [-0.2, -0.15) is 5.10 Å². The van der Waals surface area contributed by atoms with Gasteiger partial charge in [0.2, 0.25) is 0 Å². The van der Waals surface area contributed by atoms with Crippen molar-refractivity contribution in [3.8, 4) is 17.2 Å². The van der Waals surface area contributed by atoms with E-state index in [1.165, 1.54) is 48.9 Å². The van der Waals surface area contributed by atoms with E-state index >= 15 is 0 Å². The van der Waals surface area contributed by atoms with Crippen LogP contribution in [0.3, 0.4) is 0 Å². The summed E-state index contributed by atoms with van der Waals surface area (Å²) >= 11 is 7.60. The lowest BCUT2D eigenvalue weighted by atomic mass is 10.2. The molecule has 12 heteroatoms. The molecule has 0 bridgehead atoms. The average molecular weight is 540 g/mol. The van der Waals surface area contributed by atoms with E-state index in [1.807, 2.05) is 24.3 Å². The Bertz CT molecular complexity index is 1520. The molecule has 3 aromatic carbocycles. The number of esters is 1. The second kappa shape index (κ2) is 11.5. The van der Waals surface area contributed by atoms with Gasteiger partial charge < -0.3 is 14.2 Å². The van der Waals surface area contributed by atoms with Crippen LogP contribution in [0.4, 0.5) is 5.69 Å². The van der Waals surface area contributed by atoms with Gasteiger partial charge in [0.15, 0.2) is 23.9 Å². The molecule has 1 aromatic heterocycles. The number of nitro groups is 1. The topological polar surface area (TPSA) is 129 Å². The number of hydrazone groups is 1. The van der Waals surface area contributed by atoms with E-state index in [0.717, 1.165) is 10.1 Å². The number of benzene rings is 3. The minimum atomic E-state index is -0.618. The molecular weight excluding hydrogens is 522 g/mol. The number of methoxy groups -OCH3 is 1. The van der Waals surface area contributed by atoms with Gasteiger partial charge in [-0.25, -0.2) is 10.2 Å². The third kappa shape index (κ3) is 6.02. The number of nitro benzene ring substituents is 1. The SMILES string of the molecule is COc1cc(/C=N\NC(=O)COc2ccccc2[N+](=O)[O-])ccc1OC(=O)c1sc2ccccc2c1Cl. The molecule has 0 fully saturated rings. The molecule has 4 rings (SSSR count). The van der Waals surface area contributed by atoms with Crippen molar-refractivity contribution in [2.45, 2.75) is 0 Å². The Hall–Kier alpha value is -4.48. The van der Waals surface area contributed by atoms with Gasteiger partial charge in [-0.3, -0.25) is 14.9 Å². The van der Waals surface area contributed by atoms with Crippen molar-refractivity contribution in [2.24, 2.45) is 5.10 Å². The van der Waals surface area contributed by atoms with Gasteiger partial charge in [0.1, 0.15) is 4.88 Å². The maximum Gasteiger partial charge on any atom is 0.355 e. The third-order valence-electron chi connectivity index (χ3n) is 4.93. The van der Waals surface area contributed by atoms with Crippen molar-refractivity contribution in [2.75, 3.05) is 13.7 Å². The fourth-order valence-electron chi connectivity index (χ4n) is 3.22. The number of para-hydroxylation sites is 2. The summed E-state index contributed by atoms with van der Waals surface area (Å²) in [5.41, 5.74) is 2.56. The highest BCUT2D eigenvalue weighted by atomic mass is 35.5. The minimum Gasteiger partial charge on any atom is -0.493 e. The summed E-state index contributed by atoms with van der Waals surface area (Å²) in [5.74, 6) is -0.817. The summed E-state index contributed by atoms with van der Waals surface area (Å²) in [6.45, 7) is -0.472. The maximum absolute atomic E-state index is 12.8. The fraction of sp³-hybridized carbons (Fsp3) is 0.0800. The second-order valence-corrected chi connectivity index (χ2v) is 8.78. The average Bonchev–Trinajstić information content (AvgIpc) is 3.25. The molecule has 0 spiro atoms. The van der Waals surface area contributed by atoms with Gasteiger partial charge >= 0.3 is 11.7 Å². The first-order valence-corrected chi connectivity index (χ1v) is 11.8. The lowest BCUT2D eigenvalue weighted by molar-refractivity contribution is -0.385. The first kappa shape index (κ1) is 25.6. The van der Waals surface area contributed by atoms with Crippen LogP contribution in [-0.2, 0) is 4.79 Å². The number of carbonyl (C=O) groups excluding carboxylic acids is 2. The lowest BCUT2D eigenvalue weighted by Gasteiger charge is -2.09. The van der Waals surface area contributed by atoms with Crippen molar-refractivity contribution < 1.29 is 28.7 Å². The van der Waals surface area contributed by atoms with Crippen LogP contribution in [0.15, 0.2) is 71.8 Å². The number of thiophene rings is 1. The Labute approximate surface area is 219 Å². The standard InChI is InChI=1S/C25H18ClN3O7S/c1-34-20-12-15(13-27-28-22(30)14-35-18-8-4-3-7-17(18)29(32)33)10-11-19(20)36-25(31)24-23(26)16-6-2-5-9-21(16)37-24/h2-13H,14H2,1H3,(H,28,30)/b27-13-. The third-order valence-corrected chi connectivity index (χ3v) is 6.59. The highest BCUT2D eigenvalue weighted by Gasteiger charge is 2.20. The smallest absolute Gasteiger partial charge is 0.355 e. The monoisotopic (exact) mass is 539 g/mol. The number of nitrogens with one attached hydrogen (secondary N) is 1. The summed E-state index contributed by atoms with van der Waals surface area (Å²) in [6, 6.07) is 17.8. The Balaban J connectivity index is 1.37. The molecule has 0 radical (unpaired) electrons. The molecule has 0 saturated carbocycles. The maximum atomic E-state index is 12.8. The van der Waals surface area contributed by atoms with Crippen LogP contribution in [0.1, 0.15) is 15.2 Å². The van der Waals surface area contributed by atoms with Gasteiger partial charge in [-0.15, -0.1) is 11.3 Å². The van der Waals surface area contributed by atoms with Crippen LogP contribution in [0.25, 0.3) is 10.1 Å². The van der Waals surface area contributed by atoms with Crippen LogP contribution in [0, 0.1) is 10.1 Å². The number of hydrogen-bond donors (Lipinski definition) is 1. The van der Waals surface area contributed by atoms with E-state index in [-0.39, 0.29) is 27.8 Å². The predicted molar refractivity (Wildman–Crippen MR) is 139 cm³/mol. The first-order valence-electron chi connectivity index (χ1n) is 10.6. The van der Waals surface area contributed by atoms with Gasteiger partial charge in [0.05, 0.1) is 23.3 Å². The number of rotatable bonds is 9. The van der Waals surface area contributed by atoms with E-state index in [4.69, 9.17) is 25.8 Å². The molecule has 188 valence electrons. The molecule has 0 aliphatic heterocycles. The van der Waals surface area contributed by atoms with Gasteiger partial charge in [-0.1, -0.05) is 41.9 Å². The summed E-state index contributed by atoms with van der Waals surface area (Å²) in [5, 5.41) is 16.0. The van der Waals surface area contributed by atoms with Crippen molar-refractivity contribution >= 4 is 56.8 Å². The van der Waals surface area contributed by atoms with E-state index in [1.54, 1.807) is 18.2 Å². The molecule has 0 unspecified atom stereocenters. The molecule has 0 aliphatic rings. The van der Waals surface area contributed by atoms with Crippen LogP contribution >= 0.6 is 22.9 Å². The Morgan fingerprint density at radius 1 is 1.08 bits per heavy atom. The molecular formula is C25H18ClN3O7S. The van der Waals surface area contributed by atoms with Crippen molar-refractivity contribution in [1.29, 1.82) is 0 Å².